The topological polar surface area (TPSA) is 127 Å². The first-order valence-electron chi connectivity index (χ1n) is 10.8. The quantitative estimate of drug-likeness (QED) is 0.354. The largest absolute Gasteiger partial charge is 0.460 e. The van der Waals surface area contributed by atoms with E-state index >= 15 is 0 Å². The Labute approximate surface area is 209 Å². The van der Waals surface area contributed by atoms with Gasteiger partial charge in [-0.25, -0.2) is 15.0 Å². The number of carbonyl (C=O) groups excluding carboxylic acids is 2. The van der Waals surface area contributed by atoms with Crippen LogP contribution in [0.4, 0.5) is 5.82 Å². The molecule has 0 aliphatic carbocycles. The molecule has 2 fully saturated rings. The minimum atomic E-state index is -2.40. The molecule has 4 atom stereocenters. The van der Waals surface area contributed by atoms with Crippen molar-refractivity contribution in [2.75, 3.05) is 24.3 Å². The second kappa shape index (κ2) is 10.3. The van der Waals surface area contributed by atoms with Crippen LogP contribution in [0.25, 0.3) is 11.2 Å². The molecule has 0 radical (unpaired) electrons. The molecule has 2 aromatic heterocycles. The molecule has 2 aliphatic rings. The van der Waals surface area contributed by atoms with Gasteiger partial charge in [-0.05, 0) is 23.9 Å². The standard InChI is InChI=1S/C21H22N5O6PS2/c1-13(27)31-15-9-17(32-16(15)10-30-33(34)29-7-8-35-33)26-12-24-18-19(22-11-23-20(18)26)25-21(28)14-5-3-2-4-6-14/h2-6,11-12,15-17H,7-10H2,1H3,(H,22,23,25,28)/t15-,16+,17+,33?/m0/s1. The van der Waals surface area contributed by atoms with Gasteiger partial charge in [-0.15, -0.1) is 0 Å². The second-order valence-electron chi connectivity index (χ2n) is 7.79. The Morgan fingerprint density at radius 1 is 1.29 bits per heavy atom. The van der Waals surface area contributed by atoms with Crippen molar-refractivity contribution in [3.05, 3.63) is 48.5 Å². The number of esters is 1. The maximum absolute atomic E-state index is 12.6. The third-order valence-corrected chi connectivity index (χ3v) is 10.8. The smallest absolute Gasteiger partial charge is 0.302 e. The van der Waals surface area contributed by atoms with Crippen LogP contribution in [-0.2, 0) is 35.1 Å². The summed E-state index contributed by atoms with van der Waals surface area (Å²) in [4.78, 5) is 37.2. The predicted molar refractivity (Wildman–Crippen MR) is 132 cm³/mol. The third kappa shape index (κ3) is 5.40. The average molecular weight is 536 g/mol. The number of benzene rings is 1. The lowest BCUT2D eigenvalue weighted by Gasteiger charge is -2.21. The molecular formula is C21H22N5O6PS2. The molecule has 0 spiro atoms. The Hall–Kier alpha value is -2.41. The van der Waals surface area contributed by atoms with Crippen molar-refractivity contribution in [3.63, 3.8) is 0 Å². The van der Waals surface area contributed by atoms with Gasteiger partial charge in [-0.1, -0.05) is 29.6 Å². The SMILES string of the molecule is CC(=O)O[C@H]1C[C@H](n2cnc3c(NC(=O)c4ccccc4)ncnc32)O[C@@H]1COP1(=S)OCCS1. The van der Waals surface area contributed by atoms with Gasteiger partial charge in [0.15, 0.2) is 17.0 Å². The third-order valence-electron chi connectivity index (χ3n) is 5.41. The number of hydrogen-bond donors (Lipinski definition) is 1. The molecule has 2 saturated heterocycles. The Balaban J connectivity index is 1.35. The summed E-state index contributed by atoms with van der Waals surface area (Å²) in [5.41, 5.74) is -1.02. The first kappa shape index (κ1) is 24.3. The molecule has 14 heteroatoms. The molecule has 4 heterocycles. The highest BCUT2D eigenvalue weighted by molar-refractivity contribution is 8.68. The number of imidazole rings is 1. The van der Waals surface area contributed by atoms with Crippen molar-refractivity contribution in [2.24, 2.45) is 0 Å². The molecule has 5 rings (SSSR count). The number of nitrogens with one attached hydrogen (secondary N) is 1. The lowest BCUT2D eigenvalue weighted by molar-refractivity contribution is -0.150. The van der Waals surface area contributed by atoms with E-state index in [1.165, 1.54) is 24.6 Å². The molecular weight excluding hydrogens is 513 g/mol. The van der Waals surface area contributed by atoms with E-state index in [0.717, 1.165) is 5.75 Å². The van der Waals surface area contributed by atoms with Crippen molar-refractivity contribution in [1.29, 1.82) is 0 Å². The number of anilines is 1. The fourth-order valence-corrected chi connectivity index (χ4v) is 8.05. The summed E-state index contributed by atoms with van der Waals surface area (Å²) in [7, 11) is 0. The summed E-state index contributed by atoms with van der Waals surface area (Å²) < 4.78 is 24.9. The summed E-state index contributed by atoms with van der Waals surface area (Å²) >= 11 is 6.98. The van der Waals surface area contributed by atoms with Crippen LogP contribution in [0.1, 0.15) is 29.9 Å². The Morgan fingerprint density at radius 3 is 2.86 bits per heavy atom. The van der Waals surface area contributed by atoms with Gasteiger partial charge < -0.3 is 23.8 Å². The van der Waals surface area contributed by atoms with E-state index < -0.39 is 30.1 Å². The van der Waals surface area contributed by atoms with Crippen LogP contribution in [0, 0.1) is 0 Å². The van der Waals surface area contributed by atoms with E-state index in [1.807, 2.05) is 6.07 Å². The number of fused-ring (bicyclic) bond motifs is 1. The van der Waals surface area contributed by atoms with Gasteiger partial charge >= 0.3 is 5.97 Å². The fraction of sp³-hybridized carbons (Fsp3) is 0.381. The molecule has 1 amide bonds. The molecule has 1 unspecified atom stereocenters. The highest BCUT2D eigenvalue weighted by atomic mass is 32.9. The number of amides is 1. The van der Waals surface area contributed by atoms with Gasteiger partial charge in [0.05, 0.1) is 19.5 Å². The first-order chi connectivity index (χ1) is 16.9. The van der Waals surface area contributed by atoms with Crippen LogP contribution >= 0.6 is 17.1 Å². The summed E-state index contributed by atoms with van der Waals surface area (Å²) in [5, 5.41) is 2.78. The van der Waals surface area contributed by atoms with E-state index in [-0.39, 0.29) is 18.3 Å². The molecule has 1 N–H and O–H groups in total. The lowest BCUT2D eigenvalue weighted by Crippen LogP contribution is -2.30. The second-order valence-corrected chi connectivity index (χ2v) is 14.2. The van der Waals surface area contributed by atoms with Gasteiger partial charge in [0.1, 0.15) is 24.8 Å². The average Bonchev–Trinajstić information content (AvgIpc) is 3.57. The summed E-state index contributed by atoms with van der Waals surface area (Å²) in [6, 6.07) is 8.81. The highest BCUT2D eigenvalue weighted by Crippen LogP contribution is 2.64. The lowest BCUT2D eigenvalue weighted by atomic mass is 10.2. The molecule has 0 saturated carbocycles. The van der Waals surface area contributed by atoms with Crippen LogP contribution < -0.4 is 5.32 Å². The van der Waals surface area contributed by atoms with Crippen molar-refractivity contribution in [3.8, 4) is 0 Å². The normalized spacial score (nSPS) is 26.1. The number of carbonyl (C=O) groups is 2. The van der Waals surface area contributed by atoms with Gasteiger partial charge in [-0.3, -0.25) is 14.2 Å². The summed E-state index contributed by atoms with van der Waals surface area (Å²) in [5.74, 6) is 0.355. The van der Waals surface area contributed by atoms with Crippen molar-refractivity contribution < 1.29 is 28.1 Å². The minimum Gasteiger partial charge on any atom is -0.460 e. The predicted octanol–water partition coefficient (Wildman–Crippen LogP) is 3.30. The van der Waals surface area contributed by atoms with E-state index in [1.54, 1.807) is 35.2 Å². The van der Waals surface area contributed by atoms with Crippen molar-refractivity contribution in [1.82, 2.24) is 19.5 Å². The van der Waals surface area contributed by atoms with Gasteiger partial charge in [0.2, 0.25) is 5.69 Å². The maximum atomic E-state index is 12.6. The zero-order valence-corrected chi connectivity index (χ0v) is 21.1. The molecule has 184 valence electrons. The first-order valence-corrected chi connectivity index (χ1v) is 15.0. The van der Waals surface area contributed by atoms with Crippen LogP contribution in [0.15, 0.2) is 43.0 Å². The van der Waals surface area contributed by atoms with Crippen LogP contribution in [0.5, 0.6) is 0 Å². The Bertz CT molecular complexity index is 1280. The maximum Gasteiger partial charge on any atom is 0.302 e. The summed E-state index contributed by atoms with van der Waals surface area (Å²) in [6.45, 7) is 2.05. The van der Waals surface area contributed by atoms with Gasteiger partial charge in [0.25, 0.3) is 5.91 Å². The van der Waals surface area contributed by atoms with E-state index in [2.05, 4.69) is 20.3 Å². The molecule has 35 heavy (non-hydrogen) atoms. The molecule has 11 nitrogen and oxygen atoms in total. The van der Waals surface area contributed by atoms with Crippen LogP contribution in [0.3, 0.4) is 0 Å². The minimum absolute atomic E-state index is 0.138. The zero-order valence-electron chi connectivity index (χ0n) is 18.6. The molecule has 3 aromatic rings. The Morgan fingerprint density at radius 2 is 2.11 bits per heavy atom. The fourth-order valence-electron chi connectivity index (χ4n) is 3.86. The number of rotatable bonds is 7. The van der Waals surface area contributed by atoms with Crippen molar-refractivity contribution >= 4 is 57.7 Å². The van der Waals surface area contributed by atoms with Crippen molar-refractivity contribution in [2.45, 2.75) is 31.8 Å². The molecule has 1 aromatic carbocycles. The number of ether oxygens (including phenoxy) is 2. The highest BCUT2D eigenvalue weighted by Gasteiger charge is 2.41. The van der Waals surface area contributed by atoms with Crippen LogP contribution in [-0.4, -0.2) is 62.6 Å². The number of nitrogens with zero attached hydrogens (tertiary/aromatic N) is 4. The van der Waals surface area contributed by atoms with E-state index in [4.69, 9.17) is 30.3 Å². The monoisotopic (exact) mass is 535 g/mol. The molecule has 2 aliphatic heterocycles. The van der Waals surface area contributed by atoms with E-state index in [9.17, 15) is 9.59 Å². The Kier molecular flexibility index (Phi) is 7.14. The van der Waals surface area contributed by atoms with E-state index in [0.29, 0.717) is 29.8 Å². The molecule has 0 bridgehead atoms. The zero-order chi connectivity index (χ0) is 24.4. The van der Waals surface area contributed by atoms with Gasteiger partial charge in [-0.2, -0.15) is 0 Å². The summed E-state index contributed by atoms with van der Waals surface area (Å²) in [6.07, 6.45) is 1.68. The number of hydrogen-bond acceptors (Lipinski definition) is 11. The number of aromatic nitrogens is 4. The van der Waals surface area contributed by atoms with Crippen LogP contribution in [0.2, 0.25) is 0 Å². The van der Waals surface area contributed by atoms with Gasteiger partial charge in [0, 0.05) is 24.7 Å².